The lowest BCUT2D eigenvalue weighted by Crippen LogP contribution is -1.93. The molecule has 0 aliphatic heterocycles. The molecular weight excluding hydrogens is 294 g/mol. The number of ether oxygens (including phenoxy) is 3. The van der Waals surface area contributed by atoms with E-state index in [9.17, 15) is 5.11 Å². The summed E-state index contributed by atoms with van der Waals surface area (Å²) < 4.78 is 15.9. The minimum absolute atomic E-state index is 0.0856. The quantitative estimate of drug-likeness (QED) is 0.797. The molecule has 3 aromatic rings. The Morgan fingerprint density at radius 3 is 2.30 bits per heavy atom. The Labute approximate surface area is 134 Å². The van der Waals surface area contributed by atoms with Gasteiger partial charge in [0, 0.05) is 18.3 Å². The van der Waals surface area contributed by atoms with Gasteiger partial charge < -0.3 is 19.3 Å². The lowest BCUT2D eigenvalue weighted by Gasteiger charge is -2.13. The fourth-order valence-corrected chi connectivity index (χ4v) is 2.60. The van der Waals surface area contributed by atoms with E-state index in [1.54, 1.807) is 32.5 Å². The van der Waals surface area contributed by atoms with Crippen molar-refractivity contribution in [2.45, 2.75) is 0 Å². The van der Waals surface area contributed by atoms with E-state index in [4.69, 9.17) is 14.2 Å². The predicted molar refractivity (Wildman–Crippen MR) is 88.5 cm³/mol. The number of benzene rings is 2. The summed E-state index contributed by atoms with van der Waals surface area (Å²) in [6.45, 7) is 0. The van der Waals surface area contributed by atoms with Gasteiger partial charge in [-0.1, -0.05) is 6.07 Å². The highest BCUT2D eigenvalue weighted by atomic mass is 16.5. The first kappa shape index (κ1) is 15.0. The van der Waals surface area contributed by atoms with Crippen LogP contribution in [0.25, 0.3) is 22.0 Å². The lowest BCUT2D eigenvalue weighted by molar-refractivity contribution is 0.373. The van der Waals surface area contributed by atoms with E-state index in [-0.39, 0.29) is 5.75 Å². The third-order valence-electron chi connectivity index (χ3n) is 3.72. The molecule has 0 bridgehead atoms. The smallest absolute Gasteiger partial charge is 0.160 e. The highest BCUT2D eigenvalue weighted by molar-refractivity contribution is 5.99. The summed E-state index contributed by atoms with van der Waals surface area (Å²) in [6.07, 6.45) is 1.72. The number of pyridine rings is 1. The van der Waals surface area contributed by atoms with Crippen LogP contribution in [-0.2, 0) is 0 Å². The molecular formula is C18H17NO4. The average Bonchev–Trinajstić information content (AvgIpc) is 2.59. The molecule has 1 aromatic heterocycles. The van der Waals surface area contributed by atoms with Gasteiger partial charge in [-0.05, 0) is 29.3 Å². The van der Waals surface area contributed by atoms with Gasteiger partial charge in [0.25, 0.3) is 0 Å². The van der Waals surface area contributed by atoms with E-state index in [2.05, 4.69) is 4.98 Å². The summed E-state index contributed by atoms with van der Waals surface area (Å²) in [5.41, 5.74) is 2.51. The van der Waals surface area contributed by atoms with Gasteiger partial charge in [-0.2, -0.15) is 0 Å². The summed E-state index contributed by atoms with van der Waals surface area (Å²) in [5.74, 6) is 1.86. The Morgan fingerprint density at radius 1 is 0.870 bits per heavy atom. The number of methoxy groups -OCH3 is 3. The first-order valence-corrected chi connectivity index (χ1v) is 7.06. The number of aromatic nitrogens is 1. The van der Waals surface area contributed by atoms with Crippen LogP contribution in [-0.4, -0.2) is 31.4 Å². The lowest BCUT2D eigenvalue weighted by atomic mass is 10.00. The maximum Gasteiger partial charge on any atom is 0.160 e. The molecule has 1 N–H and O–H groups in total. The van der Waals surface area contributed by atoms with Crippen molar-refractivity contribution in [1.29, 1.82) is 0 Å². The van der Waals surface area contributed by atoms with Crippen molar-refractivity contribution in [2.75, 3.05) is 21.3 Å². The molecule has 0 aliphatic rings. The van der Waals surface area contributed by atoms with Crippen molar-refractivity contribution in [3.8, 4) is 34.1 Å². The van der Waals surface area contributed by atoms with Gasteiger partial charge in [0.1, 0.15) is 11.5 Å². The normalized spacial score (nSPS) is 10.6. The summed E-state index contributed by atoms with van der Waals surface area (Å²) in [6, 6.07) is 10.8. The summed E-state index contributed by atoms with van der Waals surface area (Å²) >= 11 is 0. The van der Waals surface area contributed by atoms with Crippen molar-refractivity contribution in [1.82, 2.24) is 4.98 Å². The molecule has 0 amide bonds. The molecule has 5 nitrogen and oxygen atoms in total. The number of nitrogens with zero attached hydrogens (tertiary/aromatic N) is 1. The number of hydrogen-bond acceptors (Lipinski definition) is 5. The van der Waals surface area contributed by atoms with E-state index in [0.29, 0.717) is 17.2 Å². The molecule has 0 radical (unpaired) electrons. The van der Waals surface area contributed by atoms with Crippen LogP contribution in [0.5, 0.6) is 23.0 Å². The Hall–Kier alpha value is -2.95. The molecule has 5 heteroatoms. The van der Waals surface area contributed by atoms with Crippen molar-refractivity contribution >= 4 is 10.9 Å². The Bertz CT molecular complexity index is 861. The van der Waals surface area contributed by atoms with Crippen molar-refractivity contribution in [2.24, 2.45) is 0 Å². The Morgan fingerprint density at radius 2 is 1.65 bits per heavy atom. The third-order valence-corrected chi connectivity index (χ3v) is 3.72. The number of phenols is 1. The number of aromatic hydroxyl groups is 1. The van der Waals surface area contributed by atoms with Crippen LogP contribution in [0.2, 0.25) is 0 Å². The molecule has 0 saturated carbocycles. The molecule has 0 unspecified atom stereocenters. The van der Waals surface area contributed by atoms with Gasteiger partial charge in [0.2, 0.25) is 0 Å². The van der Waals surface area contributed by atoms with E-state index < -0.39 is 0 Å². The zero-order valence-corrected chi connectivity index (χ0v) is 13.2. The standard InChI is InChI=1S/C18H17NO4/c1-21-12-9-14-18(17(10-12)23-3)13(6-7-19-14)11-4-5-16(22-2)15(20)8-11/h4-10,20H,1-3H3. The molecule has 3 rings (SSSR count). The molecule has 0 spiro atoms. The molecule has 0 fully saturated rings. The number of hydrogen-bond donors (Lipinski definition) is 1. The van der Waals surface area contributed by atoms with E-state index in [0.717, 1.165) is 22.0 Å². The van der Waals surface area contributed by atoms with Gasteiger partial charge >= 0.3 is 0 Å². The van der Waals surface area contributed by atoms with E-state index >= 15 is 0 Å². The molecule has 0 atom stereocenters. The third kappa shape index (κ3) is 2.61. The molecule has 2 aromatic carbocycles. The summed E-state index contributed by atoms with van der Waals surface area (Å²) in [4.78, 5) is 4.39. The van der Waals surface area contributed by atoms with Gasteiger partial charge in [-0.25, -0.2) is 0 Å². The SMILES string of the molecule is COc1cc(OC)c2c(-c3ccc(OC)c(O)c3)ccnc2c1. The first-order valence-electron chi connectivity index (χ1n) is 7.06. The molecule has 0 aliphatic carbocycles. The van der Waals surface area contributed by atoms with Crippen LogP contribution in [0, 0.1) is 0 Å². The van der Waals surface area contributed by atoms with Crippen molar-refractivity contribution in [3.63, 3.8) is 0 Å². The minimum Gasteiger partial charge on any atom is -0.504 e. The highest BCUT2D eigenvalue weighted by Crippen LogP contribution is 2.39. The van der Waals surface area contributed by atoms with Crippen LogP contribution in [0.15, 0.2) is 42.6 Å². The number of phenolic OH excluding ortho intramolecular Hbond substituents is 1. The molecule has 23 heavy (non-hydrogen) atoms. The topological polar surface area (TPSA) is 60.8 Å². The van der Waals surface area contributed by atoms with E-state index in [1.165, 1.54) is 7.11 Å². The van der Waals surface area contributed by atoms with Crippen LogP contribution >= 0.6 is 0 Å². The number of fused-ring (bicyclic) bond motifs is 1. The Kier molecular flexibility index (Phi) is 3.93. The van der Waals surface area contributed by atoms with Crippen LogP contribution in [0.3, 0.4) is 0 Å². The van der Waals surface area contributed by atoms with Crippen LogP contribution < -0.4 is 14.2 Å². The van der Waals surface area contributed by atoms with Gasteiger partial charge in [0.05, 0.1) is 32.2 Å². The summed E-state index contributed by atoms with van der Waals surface area (Å²) in [5, 5.41) is 10.9. The van der Waals surface area contributed by atoms with Crippen LogP contribution in [0.1, 0.15) is 0 Å². The van der Waals surface area contributed by atoms with E-state index in [1.807, 2.05) is 24.3 Å². The monoisotopic (exact) mass is 311 g/mol. The second-order valence-electron chi connectivity index (χ2n) is 4.97. The second kappa shape index (κ2) is 6.04. The maximum atomic E-state index is 10.0. The zero-order valence-electron chi connectivity index (χ0n) is 13.2. The fourth-order valence-electron chi connectivity index (χ4n) is 2.60. The maximum absolute atomic E-state index is 10.0. The number of rotatable bonds is 4. The average molecular weight is 311 g/mol. The minimum atomic E-state index is 0.0856. The second-order valence-corrected chi connectivity index (χ2v) is 4.97. The van der Waals surface area contributed by atoms with Crippen molar-refractivity contribution < 1.29 is 19.3 Å². The van der Waals surface area contributed by atoms with Gasteiger partial charge in [-0.15, -0.1) is 0 Å². The van der Waals surface area contributed by atoms with Gasteiger partial charge in [0.15, 0.2) is 11.5 Å². The van der Waals surface area contributed by atoms with Crippen LogP contribution in [0.4, 0.5) is 0 Å². The molecule has 118 valence electrons. The summed E-state index contributed by atoms with van der Waals surface area (Å²) in [7, 11) is 4.73. The van der Waals surface area contributed by atoms with Gasteiger partial charge in [-0.3, -0.25) is 4.98 Å². The first-order chi connectivity index (χ1) is 11.2. The largest absolute Gasteiger partial charge is 0.504 e. The predicted octanol–water partition coefficient (Wildman–Crippen LogP) is 3.63. The molecule has 1 heterocycles. The van der Waals surface area contributed by atoms with Crippen molar-refractivity contribution in [3.05, 3.63) is 42.6 Å². The zero-order chi connectivity index (χ0) is 16.4. The fraction of sp³-hybridized carbons (Fsp3) is 0.167. The highest BCUT2D eigenvalue weighted by Gasteiger charge is 2.13. The Balaban J connectivity index is 2.27. The molecule has 0 saturated heterocycles.